The smallest absolute Gasteiger partial charge is 0.221 e. The zero-order chi connectivity index (χ0) is 15.2. The van der Waals surface area contributed by atoms with Gasteiger partial charge in [0.05, 0.1) is 5.56 Å². The van der Waals surface area contributed by atoms with Crippen molar-refractivity contribution in [1.82, 2.24) is 0 Å². The SMILES string of the molecule is CC(=O)Nc1cccc(NCc2cccc(C#N)c2F)c1. The Morgan fingerprint density at radius 3 is 2.67 bits per heavy atom. The topological polar surface area (TPSA) is 64.9 Å². The van der Waals surface area contributed by atoms with Gasteiger partial charge < -0.3 is 10.6 Å². The van der Waals surface area contributed by atoms with Crippen molar-refractivity contribution in [3.63, 3.8) is 0 Å². The van der Waals surface area contributed by atoms with Crippen molar-refractivity contribution in [3.05, 3.63) is 59.4 Å². The van der Waals surface area contributed by atoms with Crippen molar-refractivity contribution < 1.29 is 9.18 Å². The average Bonchev–Trinajstić information content (AvgIpc) is 2.46. The molecule has 0 bridgehead atoms. The molecule has 0 aromatic heterocycles. The first-order valence-electron chi connectivity index (χ1n) is 6.39. The van der Waals surface area contributed by atoms with Crippen LogP contribution in [0, 0.1) is 17.1 Å². The summed E-state index contributed by atoms with van der Waals surface area (Å²) in [7, 11) is 0. The average molecular weight is 283 g/mol. The first-order valence-corrected chi connectivity index (χ1v) is 6.39. The molecule has 0 saturated carbocycles. The molecule has 2 aromatic carbocycles. The molecule has 0 saturated heterocycles. The predicted molar refractivity (Wildman–Crippen MR) is 79.2 cm³/mol. The molecule has 0 unspecified atom stereocenters. The highest BCUT2D eigenvalue weighted by atomic mass is 19.1. The molecule has 5 heteroatoms. The van der Waals surface area contributed by atoms with Gasteiger partial charge in [-0.2, -0.15) is 5.26 Å². The summed E-state index contributed by atoms with van der Waals surface area (Å²) < 4.78 is 13.9. The number of rotatable bonds is 4. The van der Waals surface area contributed by atoms with Crippen LogP contribution < -0.4 is 10.6 Å². The van der Waals surface area contributed by atoms with Crippen molar-refractivity contribution in [2.45, 2.75) is 13.5 Å². The lowest BCUT2D eigenvalue weighted by molar-refractivity contribution is -0.114. The zero-order valence-corrected chi connectivity index (χ0v) is 11.5. The number of hydrogen-bond acceptors (Lipinski definition) is 3. The number of nitrogens with one attached hydrogen (secondary N) is 2. The van der Waals surface area contributed by atoms with E-state index in [1.54, 1.807) is 30.3 Å². The van der Waals surface area contributed by atoms with E-state index in [2.05, 4.69) is 10.6 Å². The molecule has 1 amide bonds. The zero-order valence-electron chi connectivity index (χ0n) is 11.5. The molecule has 0 radical (unpaired) electrons. The van der Waals surface area contributed by atoms with E-state index < -0.39 is 5.82 Å². The van der Waals surface area contributed by atoms with Crippen LogP contribution in [-0.2, 0) is 11.3 Å². The minimum absolute atomic E-state index is 0.0290. The van der Waals surface area contributed by atoms with Gasteiger partial charge in [0, 0.05) is 30.4 Å². The number of halogens is 1. The van der Waals surface area contributed by atoms with Gasteiger partial charge in [0.25, 0.3) is 0 Å². The molecule has 0 aliphatic heterocycles. The van der Waals surface area contributed by atoms with Gasteiger partial charge >= 0.3 is 0 Å². The minimum atomic E-state index is -0.509. The highest BCUT2D eigenvalue weighted by Gasteiger charge is 2.07. The van der Waals surface area contributed by atoms with E-state index in [4.69, 9.17) is 5.26 Å². The molecule has 21 heavy (non-hydrogen) atoms. The van der Waals surface area contributed by atoms with Crippen LogP contribution in [0.25, 0.3) is 0 Å². The summed E-state index contributed by atoms with van der Waals surface area (Å²) >= 11 is 0. The van der Waals surface area contributed by atoms with Gasteiger partial charge in [-0.15, -0.1) is 0 Å². The fourth-order valence-corrected chi connectivity index (χ4v) is 1.91. The molecule has 0 heterocycles. The number of anilines is 2. The Kier molecular flexibility index (Phi) is 4.52. The van der Waals surface area contributed by atoms with Crippen LogP contribution in [0.5, 0.6) is 0 Å². The van der Waals surface area contributed by atoms with E-state index in [1.165, 1.54) is 13.0 Å². The van der Waals surface area contributed by atoms with E-state index in [0.717, 1.165) is 5.69 Å². The fourth-order valence-electron chi connectivity index (χ4n) is 1.91. The third kappa shape index (κ3) is 3.80. The van der Waals surface area contributed by atoms with Crippen molar-refractivity contribution >= 4 is 17.3 Å². The van der Waals surface area contributed by atoms with Crippen molar-refractivity contribution in [3.8, 4) is 6.07 Å². The first kappa shape index (κ1) is 14.5. The highest BCUT2D eigenvalue weighted by molar-refractivity contribution is 5.89. The maximum Gasteiger partial charge on any atom is 0.221 e. The van der Waals surface area contributed by atoms with E-state index >= 15 is 0 Å². The van der Waals surface area contributed by atoms with E-state index in [0.29, 0.717) is 11.3 Å². The Labute approximate surface area is 122 Å². The molecule has 2 N–H and O–H groups in total. The largest absolute Gasteiger partial charge is 0.381 e. The summed E-state index contributed by atoms with van der Waals surface area (Å²) in [5.41, 5.74) is 1.86. The number of amides is 1. The van der Waals surface area contributed by atoms with Gasteiger partial charge in [-0.05, 0) is 24.3 Å². The van der Waals surface area contributed by atoms with E-state index in [-0.39, 0.29) is 18.0 Å². The minimum Gasteiger partial charge on any atom is -0.381 e. The lowest BCUT2D eigenvalue weighted by atomic mass is 10.1. The summed E-state index contributed by atoms with van der Waals surface area (Å²) in [5.74, 6) is -0.662. The molecular formula is C16H14FN3O. The molecule has 4 nitrogen and oxygen atoms in total. The molecular weight excluding hydrogens is 269 g/mol. The number of nitrogens with zero attached hydrogens (tertiary/aromatic N) is 1. The van der Waals surface area contributed by atoms with Gasteiger partial charge in [0.1, 0.15) is 11.9 Å². The highest BCUT2D eigenvalue weighted by Crippen LogP contribution is 2.18. The van der Waals surface area contributed by atoms with Gasteiger partial charge in [-0.1, -0.05) is 18.2 Å². The Balaban J connectivity index is 2.10. The van der Waals surface area contributed by atoms with Crippen LogP contribution in [0.1, 0.15) is 18.1 Å². The third-order valence-electron chi connectivity index (χ3n) is 2.87. The van der Waals surface area contributed by atoms with Crippen LogP contribution in [0.2, 0.25) is 0 Å². The first-order chi connectivity index (χ1) is 10.1. The quantitative estimate of drug-likeness (QED) is 0.905. The van der Waals surface area contributed by atoms with Gasteiger partial charge in [-0.3, -0.25) is 4.79 Å². The molecule has 0 aliphatic carbocycles. The van der Waals surface area contributed by atoms with Gasteiger partial charge in [0.2, 0.25) is 5.91 Å². The number of nitriles is 1. The molecule has 0 spiro atoms. The van der Waals surface area contributed by atoms with Crippen LogP contribution in [0.4, 0.5) is 15.8 Å². The van der Waals surface area contributed by atoms with E-state index in [1.807, 2.05) is 12.1 Å². The Morgan fingerprint density at radius 1 is 1.24 bits per heavy atom. The fraction of sp³-hybridized carbons (Fsp3) is 0.125. The van der Waals surface area contributed by atoms with Crippen molar-refractivity contribution in [2.75, 3.05) is 10.6 Å². The number of carbonyl (C=O) groups is 1. The maximum atomic E-state index is 13.9. The lowest BCUT2D eigenvalue weighted by Crippen LogP contribution is -2.07. The number of carbonyl (C=O) groups excluding carboxylic acids is 1. The Bertz CT molecular complexity index is 707. The predicted octanol–water partition coefficient (Wildman–Crippen LogP) is 3.27. The molecule has 2 rings (SSSR count). The Morgan fingerprint density at radius 2 is 1.95 bits per heavy atom. The molecule has 2 aromatic rings. The summed E-state index contributed by atoms with van der Waals surface area (Å²) in [5, 5.41) is 14.5. The second-order valence-corrected chi connectivity index (χ2v) is 4.51. The summed E-state index contributed by atoms with van der Waals surface area (Å²) in [4.78, 5) is 11.0. The third-order valence-corrected chi connectivity index (χ3v) is 2.87. The second-order valence-electron chi connectivity index (χ2n) is 4.51. The second kappa shape index (κ2) is 6.53. The monoisotopic (exact) mass is 283 g/mol. The van der Waals surface area contributed by atoms with Crippen LogP contribution >= 0.6 is 0 Å². The van der Waals surface area contributed by atoms with Crippen molar-refractivity contribution in [1.29, 1.82) is 5.26 Å². The molecule has 106 valence electrons. The normalized spacial score (nSPS) is 9.76. The lowest BCUT2D eigenvalue weighted by Gasteiger charge is -2.10. The molecule has 0 aliphatic rings. The standard InChI is InChI=1S/C16H14FN3O/c1-11(21)20-15-7-3-6-14(8-15)19-10-13-5-2-4-12(9-18)16(13)17/h2-8,19H,10H2,1H3,(H,20,21). The van der Waals surface area contributed by atoms with Crippen LogP contribution in [-0.4, -0.2) is 5.91 Å². The summed E-state index contributed by atoms with van der Waals surface area (Å²) in [6.45, 7) is 1.69. The van der Waals surface area contributed by atoms with Gasteiger partial charge in [-0.25, -0.2) is 4.39 Å². The Hall–Kier alpha value is -2.87. The van der Waals surface area contributed by atoms with Crippen LogP contribution in [0.15, 0.2) is 42.5 Å². The number of benzene rings is 2. The summed E-state index contributed by atoms with van der Waals surface area (Å²) in [6.07, 6.45) is 0. The van der Waals surface area contributed by atoms with E-state index in [9.17, 15) is 9.18 Å². The molecule has 0 atom stereocenters. The maximum absolute atomic E-state index is 13.9. The number of hydrogen-bond donors (Lipinski definition) is 2. The summed E-state index contributed by atoms with van der Waals surface area (Å²) in [6, 6.07) is 13.7. The van der Waals surface area contributed by atoms with Gasteiger partial charge in [0.15, 0.2) is 0 Å². The molecule has 0 fully saturated rings. The van der Waals surface area contributed by atoms with Crippen LogP contribution in [0.3, 0.4) is 0 Å². The van der Waals surface area contributed by atoms with Crippen molar-refractivity contribution in [2.24, 2.45) is 0 Å².